The van der Waals surface area contributed by atoms with E-state index in [9.17, 15) is 4.79 Å². The van der Waals surface area contributed by atoms with Crippen LogP contribution in [-0.4, -0.2) is 25.7 Å². The third-order valence-electron chi connectivity index (χ3n) is 3.36. The van der Waals surface area contributed by atoms with Crippen LogP contribution in [0.4, 0.5) is 0 Å². The van der Waals surface area contributed by atoms with Crippen molar-refractivity contribution in [2.24, 2.45) is 0 Å². The summed E-state index contributed by atoms with van der Waals surface area (Å²) in [6.07, 6.45) is 0.496. The summed E-state index contributed by atoms with van der Waals surface area (Å²) in [5.74, 6) is 1.11. The summed E-state index contributed by atoms with van der Waals surface area (Å²) in [5, 5.41) is 11.7. The summed E-state index contributed by atoms with van der Waals surface area (Å²) >= 11 is 6.03. The SMILES string of the molecule is N#CCC(=O)NCCc1ccccc1OCCOc1ccccc1Cl. The van der Waals surface area contributed by atoms with Crippen molar-refractivity contribution >= 4 is 17.5 Å². The monoisotopic (exact) mass is 358 g/mol. The molecule has 0 aliphatic rings. The molecule has 1 amide bonds. The minimum Gasteiger partial charge on any atom is -0.490 e. The van der Waals surface area contributed by atoms with Crippen molar-refractivity contribution in [1.82, 2.24) is 5.32 Å². The molecule has 0 aliphatic heterocycles. The zero-order valence-electron chi connectivity index (χ0n) is 13.7. The highest BCUT2D eigenvalue weighted by molar-refractivity contribution is 6.32. The molecule has 2 aromatic rings. The van der Waals surface area contributed by atoms with Crippen LogP contribution < -0.4 is 14.8 Å². The van der Waals surface area contributed by atoms with E-state index in [0.29, 0.717) is 37.0 Å². The van der Waals surface area contributed by atoms with Crippen LogP contribution in [-0.2, 0) is 11.2 Å². The maximum Gasteiger partial charge on any atom is 0.234 e. The van der Waals surface area contributed by atoms with Crippen molar-refractivity contribution in [3.05, 3.63) is 59.1 Å². The van der Waals surface area contributed by atoms with Gasteiger partial charge in [-0.05, 0) is 30.2 Å². The quantitative estimate of drug-likeness (QED) is 0.697. The molecule has 2 aromatic carbocycles. The van der Waals surface area contributed by atoms with Gasteiger partial charge in [0.1, 0.15) is 31.1 Å². The number of ether oxygens (including phenoxy) is 2. The average molecular weight is 359 g/mol. The van der Waals surface area contributed by atoms with E-state index in [4.69, 9.17) is 26.3 Å². The number of nitrogens with one attached hydrogen (secondary N) is 1. The number of benzene rings is 2. The van der Waals surface area contributed by atoms with E-state index >= 15 is 0 Å². The minimum absolute atomic E-state index is 0.127. The molecular weight excluding hydrogens is 340 g/mol. The van der Waals surface area contributed by atoms with Gasteiger partial charge in [0.2, 0.25) is 5.91 Å². The van der Waals surface area contributed by atoms with Crippen molar-refractivity contribution < 1.29 is 14.3 Å². The molecule has 0 saturated heterocycles. The Balaban J connectivity index is 1.79. The van der Waals surface area contributed by atoms with Crippen LogP contribution in [0.15, 0.2) is 48.5 Å². The van der Waals surface area contributed by atoms with Gasteiger partial charge < -0.3 is 14.8 Å². The van der Waals surface area contributed by atoms with Gasteiger partial charge in [-0.15, -0.1) is 0 Å². The Labute approximate surface area is 152 Å². The first kappa shape index (κ1) is 18.6. The number of nitrogens with zero attached hydrogens (tertiary/aromatic N) is 1. The number of amides is 1. The molecule has 0 unspecified atom stereocenters. The standard InChI is InChI=1S/C19H19ClN2O3/c20-16-6-2-4-8-18(16)25-14-13-24-17-7-3-1-5-15(17)10-12-22-19(23)9-11-21/h1-8H,9-10,12-14H2,(H,22,23). The van der Waals surface area contributed by atoms with Gasteiger partial charge in [-0.25, -0.2) is 0 Å². The van der Waals surface area contributed by atoms with Gasteiger partial charge in [0.15, 0.2) is 0 Å². The first-order valence-corrected chi connectivity index (χ1v) is 8.30. The Bertz CT molecular complexity index is 743. The Kier molecular flexibility index (Phi) is 7.61. The van der Waals surface area contributed by atoms with Crippen molar-refractivity contribution in [2.75, 3.05) is 19.8 Å². The molecule has 0 fully saturated rings. The average Bonchev–Trinajstić information content (AvgIpc) is 2.61. The Morgan fingerprint density at radius 3 is 2.40 bits per heavy atom. The summed E-state index contributed by atoms with van der Waals surface area (Å²) < 4.78 is 11.4. The molecule has 25 heavy (non-hydrogen) atoms. The maximum atomic E-state index is 11.3. The zero-order valence-corrected chi connectivity index (χ0v) is 14.5. The molecule has 0 saturated carbocycles. The highest BCUT2D eigenvalue weighted by atomic mass is 35.5. The summed E-state index contributed by atoms with van der Waals surface area (Å²) in [6, 6.07) is 16.7. The molecule has 0 radical (unpaired) electrons. The summed E-state index contributed by atoms with van der Waals surface area (Å²) in [4.78, 5) is 11.3. The number of para-hydroxylation sites is 2. The molecule has 0 heterocycles. The fourth-order valence-electron chi connectivity index (χ4n) is 2.19. The number of hydrogen-bond acceptors (Lipinski definition) is 4. The fraction of sp³-hybridized carbons (Fsp3) is 0.263. The molecule has 0 aromatic heterocycles. The molecule has 0 aliphatic carbocycles. The van der Waals surface area contributed by atoms with Gasteiger partial charge in [-0.1, -0.05) is 41.9 Å². The second-order valence-electron chi connectivity index (χ2n) is 5.17. The third kappa shape index (κ3) is 6.36. The van der Waals surface area contributed by atoms with Gasteiger partial charge in [0.05, 0.1) is 11.1 Å². The molecule has 1 N–H and O–H groups in total. The van der Waals surface area contributed by atoms with Gasteiger partial charge in [0.25, 0.3) is 0 Å². The second-order valence-corrected chi connectivity index (χ2v) is 5.58. The minimum atomic E-state index is -0.269. The summed E-state index contributed by atoms with van der Waals surface area (Å²) in [6.45, 7) is 1.21. The number of rotatable bonds is 9. The van der Waals surface area contributed by atoms with Gasteiger partial charge >= 0.3 is 0 Å². The predicted octanol–water partition coefficient (Wildman–Crippen LogP) is 3.37. The normalized spacial score (nSPS) is 9.92. The molecule has 0 atom stereocenters. The number of carbonyl (C=O) groups is 1. The molecule has 0 spiro atoms. The van der Waals surface area contributed by atoms with Crippen LogP contribution in [0.25, 0.3) is 0 Å². The van der Waals surface area contributed by atoms with Crippen molar-refractivity contribution in [3.63, 3.8) is 0 Å². The number of carbonyl (C=O) groups excluding carboxylic acids is 1. The first-order valence-electron chi connectivity index (χ1n) is 7.92. The smallest absolute Gasteiger partial charge is 0.234 e. The number of nitriles is 1. The van der Waals surface area contributed by atoms with E-state index in [1.165, 1.54) is 0 Å². The van der Waals surface area contributed by atoms with Crippen LogP contribution in [0.5, 0.6) is 11.5 Å². The van der Waals surface area contributed by atoms with Crippen molar-refractivity contribution in [3.8, 4) is 17.6 Å². The van der Waals surface area contributed by atoms with E-state index in [2.05, 4.69) is 5.32 Å². The van der Waals surface area contributed by atoms with Crippen LogP contribution in [0.2, 0.25) is 5.02 Å². The lowest BCUT2D eigenvalue weighted by Crippen LogP contribution is -2.25. The molecule has 2 rings (SSSR count). The molecule has 6 heteroatoms. The van der Waals surface area contributed by atoms with Crippen molar-refractivity contribution in [2.45, 2.75) is 12.8 Å². The Morgan fingerprint density at radius 1 is 1.04 bits per heavy atom. The Morgan fingerprint density at radius 2 is 1.68 bits per heavy atom. The predicted molar refractivity (Wildman–Crippen MR) is 95.8 cm³/mol. The maximum absolute atomic E-state index is 11.3. The van der Waals surface area contributed by atoms with E-state index in [-0.39, 0.29) is 12.3 Å². The van der Waals surface area contributed by atoms with Crippen LogP contribution >= 0.6 is 11.6 Å². The van der Waals surface area contributed by atoms with Gasteiger partial charge in [-0.3, -0.25) is 4.79 Å². The highest BCUT2D eigenvalue weighted by Crippen LogP contribution is 2.23. The molecular formula is C19H19ClN2O3. The third-order valence-corrected chi connectivity index (χ3v) is 3.68. The summed E-state index contributed by atoms with van der Waals surface area (Å²) in [5.41, 5.74) is 0.984. The van der Waals surface area contributed by atoms with E-state index in [0.717, 1.165) is 11.3 Å². The largest absolute Gasteiger partial charge is 0.490 e. The zero-order chi connectivity index (χ0) is 17.9. The second kappa shape index (κ2) is 10.2. The number of hydrogen-bond donors (Lipinski definition) is 1. The van der Waals surface area contributed by atoms with E-state index < -0.39 is 0 Å². The van der Waals surface area contributed by atoms with Crippen LogP contribution in [0, 0.1) is 11.3 Å². The molecule has 5 nitrogen and oxygen atoms in total. The lowest BCUT2D eigenvalue weighted by molar-refractivity contribution is -0.120. The van der Waals surface area contributed by atoms with E-state index in [1.54, 1.807) is 12.1 Å². The molecule has 0 bridgehead atoms. The topological polar surface area (TPSA) is 71.4 Å². The van der Waals surface area contributed by atoms with Gasteiger partial charge in [0, 0.05) is 6.54 Å². The van der Waals surface area contributed by atoms with Crippen LogP contribution in [0.1, 0.15) is 12.0 Å². The fourth-order valence-corrected chi connectivity index (χ4v) is 2.38. The Hall–Kier alpha value is -2.71. The molecule has 130 valence electrons. The lowest BCUT2D eigenvalue weighted by atomic mass is 10.1. The number of halogens is 1. The lowest BCUT2D eigenvalue weighted by Gasteiger charge is -2.13. The highest BCUT2D eigenvalue weighted by Gasteiger charge is 2.05. The van der Waals surface area contributed by atoms with Gasteiger partial charge in [-0.2, -0.15) is 5.26 Å². The summed E-state index contributed by atoms with van der Waals surface area (Å²) in [7, 11) is 0. The first-order chi connectivity index (χ1) is 12.2. The van der Waals surface area contributed by atoms with Crippen LogP contribution in [0.3, 0.4) is 0 Å². The van der Waals surface area contributed by atoms with Crippen molar-refractivity contribution in [1.29, 1.82) is 5.26 Å². The van der Waals surface area contributed by atoms with E-state index in [1.807, 2.05) is 42.5 Å².